The molecule has 2 heterocycles. The van der Waals surface area contributed by atoms with Crippen molar-refractivity contribution in [3.05, 3.63) is 47.4 Å². The van der Waals surface area contributed by atoms with Crippen molar-refractivity contribution < 1.29 is 36.3 Å². The van der Waals surface area contributed by atoms with Gasteiger partial charge >= 0.3 is 6.09 Å². The van der Waals surface area contributed by atoms with Crippen molar-refractivity contribution in [1.82, 2.24) is 15.0 Å². The number of nitrogens with two attached hydrogens (primary N) is 1. The largest absolute Gasteiger partial charge is 0.410 e. The number of para-hydroxylation sites is 1. The van der Waals surface area contributed by atoms with E-state index < -0.39 is 40.1 Å². The smallest absolute Gasteiger partial charge is 0.397 e. The van der Waals surface area contributed by atoms with Gasteiger partial charge in [0.25, 0.3) is 6.08 Å². The lowest BCUT2D eigenvalue weighted by molar-refractivity contribution is -0.133. The van der Waals surface area contributed by atoms with Gasteiger partial charge in [0.1, 0.15) is 10.9 Å². The minimum atomic E-state index is -4.38. The Morgan fingerprint density at radius 1 is 1.19 bits per heavy atom. The summed E-state index contributed by atoms with van der Waals surface area (Å²) < 4.78 is 60.5. The highest BCUT2D eigenvalue weighted by atomic mass is 32.2. The van der Waals surface area contributed by atoms with Gasteiger partial charge in [0.15, 0.2) is 0 Å². The van der Waals surface area contributed by atoms with E-state index in [4.69, 9.17) is 5.73 Å². The fourth-order valence-corrected chi connectivity index (χ4v) is 6.37. The summed E-state index contributed by atoms with van der Waals surface area (Å²) in [7, 11) is -4.38. The van der Waals surface area contributed by atoms with Crippen LogP contribution in [0.2, 0.25) is 0 Å². The van der Waals surface area contributed by atoms with E-state index in [0.717, 1.165) is 11.3 Å². The first kappa shape index (κ1) is 32.6. The van der Waals surface area contributed by atoms with E-state index in [0.29, 0.717) is 5.56 Å². The topological polar surface area (TPSA) is 172 Å². The summed E-state index contributed by atoms with van der Waals surface area (Å²) in [5.41, 5.74) is 7.98. The zero-order valence-corrected chi connectivity index (χ0v) is 24.4. The van der Waals surface area contributed by atoms with Crippen LogP contribution in [-0.2, 0) is 24.3 Å². The molecule has 5 N–H and O–H groups in total. The van der Waals surface area contributed by atoms with Gasteiger partial charge in [-0.05, 0) is 48.8 Å². The molecule has 0 saturated carbocycles. The van der Waals surface area contributed by atoms with Crippen LogP contribution in [0, 0.1) is 0 Å². The molecule has 228 valence electrons. The maximum absolute atomic E-state index is 13.8. The molecule has 0 unspecified atom stereocenters. The summed E-state index contributed by atoms with van der Waals surface area (Å²) in [6.45, 7) is 1.84. The van der Waals surface area contributed by atoms with Crippen LogP contribution in [0.3, 0.4) is 0 Å². The molecule has 16 heteroatoms. The molecule has 3 amide bonds. The van der Waals surface area contributed by atoms with E-state index in [9.17, 15) is 31.6 Å². The van der Waals surface area contributed by atoms with Crippen LogP contribution in [0.15, 0.2) is 57.4 Å². The van der Waals surface area contributed by atoms with Crippen LogP contribution in [0.1, 0.15) is 39.0 Å². The molecule has 0 bridgehead atoms. The monoisotopic (exact) mass is 626 g/mol. The summed E-state index contributed by atoms with van der Waals surface area (Å²) >= 11 is 1.37. The molecule has 1 aromatic heterocycles. The third-order valence-electron chi connectivity index (χ3n) is 6.32. The molecule has 1 saturated heterocycles. The van der Waals surface area contributed by atoms with Crippen LogP contribution in [0.4, 0.5) is 19.3 Å². The molecule has 1 aliphatic heterocycles. The minimum Gasteiger partial charge on any atom is -0.397 e. The maximum atomic E-state index is 13.8. The molecular formula is C26H32F2N6O6S2. The summed E-state index contributed by atoms with van der Waals surface area (Å²) in [6, 6.07) is 6.91. The first-order valence-corrected chi connectivity index (χ1v) is 15.4. The SMILES string of the molecule is CCC(=O)Nc1c(-c2cccs2)cccc1S(=O)(=O)N[C@@H](CCCNN=COC(N)=O)C(=O)N1CCC(=C(F)F)CC1. The van der Waals surface area contributed by atoms with Gasteiger partial charge in [-0.25, -0.2) is 13.2 Å². The zero-order chi connectivity index (χ0) is 30.7. The second kappa shape index (κ2) is 15.4. The molecular weight excluding hydrogens is 594 g/mol. The molecule has 1 aromatic carbocycles. The number of primary amides is 1. The fourth-order valence-electron chi connectivity index (χ4n) is 4.20. The van der Waals surface area contributed by atoms with Gasteiger partial charge in [0, 0.05) is 36.5 Å². The summed E-state index contributed by atoms with van der Waals surface area (Å²) in [5, 5.41) is 8.14. The number of anilines is 1. The van der Waals surface area contributed by atoms with Crippen molar-refractivity contribution in [2.45, 2.75) is 50.0 Å². The maximum Gasteiger partial charge on any atom is 0.410 e. The average Bonchev–Trinajstić information content (AvgIpc) is 3.50. The predicted octanol–water partition coefficient (Wildman–Crippen LogP) is 3.59. The lowest BCUT2D eigenvalue weighted by Gasteiger charge is -2.31. The second-order valence-electron chi connectivity index (χ2n) is 9.14. The van der Waals surface area contributed by atoms with Crippen molar-refractivity contribution in [3.8, 4) is 10.4 Å². The number of thiophene rings is 1. The lowest BCUT2D eigenvalue weighted by atomic mass is 10.0. The number of hydrogen-bond donors (Lipinski definition) is 4. The zero-order valence-electron chi connectivity index (χ0n) is 22.8. The first-order chi connectivity index (χ1) is 20.0. The summed E-state index contributed by atoms with van der Waals surface area (Å²) in [6.07, 6.45) is -1.67. The van der Waals surface area contributed by atoms with Gasteiger partial charge in [-0.2, -0.15) is 13.5 Å². The van der Waals surface area contributed by atoms with Gasteiger partial charge < -0.3 is 26.1 Å². The number of nitrogens with zero attached hydrogens (tertiary/aromatic N) is 2. The molecule has 0 aliphatic carbocycles. The number of rotatable bonds is 13. The molecule has 12 nitrogen and oxygen atoms in total. The Morgan fingerprint density at radius 2 is 1.93 bits per heavy atom. The number of carbonyl (C=O) groups excluding carboxylic acids is 3. The van der Waals surface area contributed by atoms with Crippen molar-refractivity contribution in [3.63, 3.8) is 0 Å². The molecule has 1 atom stereocenters. The number of hydrogen-bond acceptors (Lipinski definition) is 9. The average molecular weight is 627 g/mol. The Hall–Kier alpha value is -3.89. The molecule has 0 radical (unpaired) electrons. The number of benzene rings is 1. The number of ether oxygens (including phenoxy) is 1. The summed E-state index contributed by atoms with van der Waals surface area (Å²) in [5.74, 6) is -0.960. The number of halogens is 2. The van der Waals surface area contributed by atoms with Crippen LogP contribution in [0.5, 0.6) is 0 Å². The highest BCUT2D eigenvalue weighted by Crippen LogP contribution is 2.36. The number of carbonyl (C=O) groups is 3. The highest BCUT2D eigenvalue weighted by Gasteiger charge is 2.32. The van der Waals surface area contributed by atoms with E-state index in [-0.39, 0.29) is 67.9 Å². The Labute approximate surface area is 246 Å². The Morgan fingerprint density at radius 3 is 2.55 bits per heavy atom. The number of likely N-dealkylation sites (tertiary alicyclic amines) is 1. The van der Waals surface area contributed by atoms with Crippen molar-refractivity contribution >= 4 is 51.4 Å². The summed E-state index contributed by atoms with van der Waals surface area (Å²) in [4.78, 5) is 38.4. The molecule has 0 spiro atoms. The third kappa shape index (κ3) is 9.06. The normalized spacial score (nSPS) is 14.5. The predicted molar refractivity (Wildman–Crippen MR) is 154 cm³/mol. The highest BCUT2D eigenvalue weighted by molar-refractivity contribution is 7.89. The van der Waals surface area contributed by atoms with E-state index in [1.165, 1.54) is 22.3 Å². The molecule has 1 aliphatic rings. The van der Waals surface area contributed by atoms with Crippen LogP contribution in [-0.4, -0.2) is 63.3 Å². The molecule has 2 aromatic rings. The van der Waals surface area contributed by atoms with Crippen LogP contribution < -0.4 is 21.2 Å². The Kier molecular flexibility index (Phi) is 11.9. The van der Waals surface area contributed by atoms with Crippen molar-refractivity contribution in [2.75, 3.05) is 25.0 Å². The Balaban J connectivity index is 1.87. The third-order valence-corrected chi connectivity index (χ3v) is 8.74. The van der Waals surface area contributed by atoms with E-state index in [1.807, 2.05) is 5.38 Å². The number of piperidine rings is 1. The lowest BCUT2D eigenvalue weighted by Crippen LogP contribution is -2.50. The number of sulfonamides is 1. The first-order valence-electron chi connectivity index (χ1n) is 13.0. The van der Waals surface area contributed by atoms with E-state index in [2.05, 4.69) is 25.3 Å². The van der Waals surface area contributed by atoms with Crippen LogP contribution >= 0.6 is 11.3 Å². The fraction of sp³-hybridized carbons (Fsp3) is 0.385. The van der Waals surface area contributed by atoms with Crippen molar-refractivity contribution in [2.24, 2.45) is 10.8 Å². The van der Waals surface area contributed by atoms with Gasteiger partial charge in [-0.1, -0.05) is 25.1 Å². The minimum absolute atomic E-state index is 0.0142. The van der Waals surface area contributed by atoms with E-state index in [1.54, 1.807) is 31.2 Å². The van der Waals surface area contributed by atoms with Crippen LogP contribution in [0.25, 0.3) is 10.4 Å². The molecule has 3 rings (SSSR count). The Bertz CT molecular complexity index is 1420. The van der Waals surface area contributed by atoms with Gasteiger partial charge in [-0.15, -0.1) is 16.4 Å². The number of hydrazone groups is 1. The molecule has 42 heavy (non-hydrogen) atoms. The van der Waals surface area contributed by atoms with Gasteiger partial charge in [0.05, 0.1) is 5.69 Å². The number of amides is 3. The van der Waals surface area contributed by atoms with E-state index >= 15 is 0 Å². The standard InChI is InChI=1S/C26H32F2N6O6S2/c1-2-22(35)32-23-18(20-8-5-15-41-20)6-3-9-21(23)42(38,39)33-19(7-4-12-30-31-16-40-26(29)37)25(36)34-13-10-17(11-14-34)24(27)28/h3,5-6,8-9,15-16,19,30,33H,2,4,7,10-14H2,1H3,(H2,29,37)(H,32,35)/t19-/m0/s1. The van der Waals surface area contributed by atoms with Gasteiger partial charge in [-0.3, -0.25) is 9.59 Å². The number of nitrogens with one attached hydrogen (secondary N) is 3. The molecule has 1 fully saturated rings. The quantitative estimate of drug-likeness (QED) is 0.114. The van der Waals surface area contributed by atoms with Crippen molar-refractivity contribution in [1.29, 1.82) is 0 Å². The second-order valence-corrected chi connectivity index (χ2v) is 11.8. The van der Waals surface area contributed by atoms with Gasteiger partial charge in [0.2, 0.25) is 28.2 Å².